The molecule has 1 heterocycles. The highest BCUT2D eigenvalue weighted by Gasteiger charge is 2.28. The molecule has 1 aromatic heterocycles. The van der Waals surface area contributed by atoms with Gasteiger partial charge in [-0.1, -0.05) is 62.8 Å². The molecule has 0 bridgehead atoms. The minimum atomic E-state index is -3.31. The molecule has 0 spiro atoms. The topological polar surface area (TPSA) is 84.3 Å². The van der Waals surface area contributed by atoms with E-state index in [-0.39, 0.29) is 10.5 Å². The lowest BCUT2D eigenvalue weighted by molar-refractivity contribution is 0.0699. The summed E-state index contributed by atoms with van der Waals surface area (Å²) >= 11 is 0. The number of hydrogen-bond acceptors (Lipinski definition) is 4. The summed E-state index contributed by atoms with van der Waals surface area (Å²) in [6.45, 7) is 0. The van der Waals surface area contributed by atoms with Gasteiger partial charge in [0.1, 0.15) is 0 Å². The highest BCUT2D eigenvalue weighted by molar-refractivity contribution is 7.90. The number of fused-ring (bicyclic) bond motifs is 1. The quantitative estimate of drug-likeness (QED) is 0.411. The van der Waals surface area contributed by atoms with Crippen LogP contribution in [-0.2, 0) is 9.84 Å². The molecule has 0 saturated heterocycles. The van der Waals surface area contributed by atoms with Gasteiger partial charge in [0.05, 0.1) is 21.7 Å². The minimum Gasteiger partial charge on any atom is -0.478 e. The van der Waals surface area contributed by atoms with Crippen LogP contribution in [0, 0.1) is 0 Å². The maximum Gasteiger partial charge on any atom is 0.336 e. The molecule has 2 fully saturated rings. The number of carbonyl (C=O) groups is 1. The summed E-state index contributed by atoms with van der Waals surface area (Å²) in [5.41, 5.74) is 5.02. The van der Waals surface area contributed by atoms with Gasteiger partial charge in [0.2, 0.25) is 0 Å². The molecule has 35 heavy (non-hydrogen) atoms. The third kappa shape index (κ3) is 4.86. The maximum absolute atomic E-state index is 12.4. The largest absolute Gasteiger partial charge is 0.478 e. The summed E-state index contributed by atoms with van der Waals surface area (Å²) in [4.78, 5) is 17.7. The molecule has 0 atom stereocenters. The van der Waals surface area contributed by atoms with E-state index in [4.69, 9.17) is 4.98 Å². The lowest BCUT2D eigenvalue weighted by atomic mass is 9.75. The molecule has 3 aromatic rings. The molecule has 5 nitrogen and oxygen atoms in total. The van der Waals surface area contributed by atoms with Crippen molar-refractivity contribution in [1.29, 1.82) is 0 Å². The van der Waals surface area contributed by atoms with E-state index >= 15 is 0 Å². The molecule has 2 aliphatic rings. The number of sulfone groups is 1. The lowest BCUT2D eigenvalue weighted by Crippen LogP contribution is -2.14. The minimum absolute atomic E-state index is 0.239. The normalized spacial score (nSPS) is 18.1. The standard InChI is InChI=1S/C29H33NO4S/c1-35(33,34)22-14-12-20(13-15-22)26-18-25(29(31)32)24-17-16-23(19-8-4-2-5-9-19)27(28(24)30-26)21-10-6-3-7-11-21/h12-19,21H,2-11H2,1H3,(H,31,32). The summed E-state index contributed by atoms with van der Waals surface area (Å²) in [5, 5.41) is 10.8. The van der Waals surface area contributed by atoms with Gasteiger partial charge in [-0.2, -0.15) is 0 Å². The van der Waals surface area contributed by atoms with Crippen molar-refractivity contribution in [2.45, 2.75) is 80.9 Å². The predicted molar refractivity (Wildman–Crippen MR) is 139 cm³/mol. The van der Waals surface area contributed by atoms with Gasteiger partial charge in [0.15, 0.2) is 9.84 Å². The number of rotatable bonds is 5. The third-order valence-corrected chi connectivity index (χ3v) is 9.05. The van der Waals surface area contributed by atoms with Crippen LogP contribution in [0.1, 0.15) is 97.5 Å². The van der Waals surface area contributed by atoms with E-state index in [1.54, 1.807) is 30.3 Å². The summed E-state index contributed by atoms with van der Waals surface area (Å²) in [7, 11) is -3.31. The zero-order chi connectivity index (χ0) is 24.6. The zero-order valence-corrected chi connectivity index (χ0v) is 21.1. The molecule has 2 aliphatic carbocycles. The first-order valence-corrected chi connectivity index (χ1v) is 14.7. The van der Waals surface area contributed by atoms with Crippen LogP contribution in [0.4, 0.5) is 0 Å². The van der Waals surface area contributed by atoms with Gasteiger partial charge in [-0.3, -0.25) is 0 Å². The number of hydrogen-bond donors (Lipinski definition) is 1. The Morgan fingerprint density at radius 3 is 2.03 bits per heavy atom. The first-order chi connectivity index (χ1) is 16.8. The van der Waals surface area contributed by atoms with Gasteiger partial charge in [0.25, 0.3) is 0 Å². The van der Waals surface area contributed by atoms with E-state index < -0.39 is 15.8 Å². The first kappa shape index (κ1) is 24.0. The fourth-order valence-corrected chi connectivity index (χ4v) is 6.75. The monoisotopic (exact) mass is 491 g/mol. The van der Waals surface area contributed by atoms with Gasteiger partial charge in [0, 0.05) is 17.2 Å². The second kappa shape index (κ2) is 9.73. The predicted octanol–water partition coefficient (Wildman–Crippen LogP) is 7.10. The van der Waals surface area contributed by atoms with E-state index in [0.29, 0.717) is 22.9 Å². The van der Waals surface area contributed by atoms with Crippen molar-refractivity contribution in [2.24, 2.45) is 0 Å². The zero-order valence-electron chi connectivity index (χ0n) is 20.3. The summed E-state index contributed by atoms with van der Waals surface area (Å²) in [5.74, 6) is -0.0503. The van der Waals surface area contributed by atoms with E-state index in [1.807, 2.05) is 6.07 Å². The molecule has 184 valence electrons. The summed E-state index contributed by atoms with van der Waals surface area (Å²) < 4.78 is 23.8. The van der Waals surface area contributed by atoms with Crippen molar-refractivity contribution in [3.05, 3.63) is 59.2 Å². The van der Waals surface area contributed by atoms with Crippen LogP contribution in [0.2, 0.25) is 0 Å². The Bertz CT molecular complexity index is 1350. The van der Waals surface area contributed by atoms with Gasteiger partial charge in [-0.25, -0.2) is 18.2 Å². The Hall–Kier alpha value is -2.73. The van der Waals surface area contributed by atoms with Crippen molar-refractivity contribution in [1.82, 2.24) is 4.98 Å². The van der Waals surface area contributed by atoms with E-state index in [2.05, 4.69) is 6.07 Å². The Morgan fingerprint density at radius 2 is 1.46 bits per heavy atom. The third-order valence-electron chi connectivity index (χ3n) is 7.92. The van der Waals surface area contributed by atoms with Crippen LogP contribution in [0.3, 0.4) is 0 Å². The Kier molecular flexibility index (Phi) is 6.67. The fourth-order valence-electron chi connectivity index (χ4n) is 6.12. The van der Waals surface area contributed by atoms with Crippen molar-refractivity contribution < 1.29 is 18.3 Å². The van der Waals surface area contributed by atoms with Crippen molar-refractivity contribution in [3.8, 4) is 11.3 Å². The number of aromatic carboxylic acids is 1. The second-order valence-corrected chi connectivity index (χ2v) is 12.3. The number of pyridine rings is 1. The number of carboxylic acid groups (broad SMARTS) is 1. The lowest BCUT2D eigenvalue weighted by Gasteiger charge is -2.30. The highest BCUT2D eigenvalue weighted by Crippen LogP contribution is 2.44. The van der Waals surface area contributed by atoms with Gasteiger partial charge in [-0.05, 0) is 66.8 Å². The second-order valence-electron chi connectivity index (χ2n) is 10.3. The molecule has 0 aliphatic heterocycles. The molecule has 2 aromatic carbocycles. The number of benzene rings is 2. The summed E-state index contributed by atoms with van der Waals surface area (Å²) in [6.07, 6.45) is 13.2. The summed E-state index contributed by atoms with van der Waals surface area (Å²) in [6, 6.07) is 12.4. The Labute approximate surface area is 207 Å². The first-order valence-electron chi connectivity index (χ1n) is 12.8. The smallest absolute Gasteiger partial charge is 0.336 e. The van der Waals surface area contributed by atoms with Gasteiger partial charge >= 0.3 is 5.97 Å². The molecule has 2 saturated carbocycles. The molecule has 0 unspecified atom stereocenters. The SMILES string of the molecule is CS(=O)(=O)c1ccc(-c2cc(C(=O)O)c3ccc(C4CCCCC4)c(C4CCCCC4)c3n2)cc1. The average molecular weight is 492 g/mol. The molecule has 6 heteroatoms. The molecule has 5 rings (SSSR count). The van der Waals surface area contributed by atoms with Crippen molar-refractivity contribution in [2.75, 3.05) is 6.26 Å². The van der Waals surface area contributed by atoms with Crippen LogP contribution in [-0.4, -0.2) is 30.7 Å². The molecule has 0 radical (unpaired) electrons. The number of carboxylic acids is 1. The molecular formula is C29H33NO4S. The maximum atomic E-state index is 12.4. The number of nitrogens with zero attached hydrogens (tertiary/aromatic N) is 1. The van der Waals surface area contributed by atoms with Gasteiger partial charge in [-0.15, -0.1) is 0 Å². The van der Waals surface area contributed by atoms with E-state index in [9.17, 15) is 18.3 Å². The van der Waals surface area contributed by atoms with Crippen LogP contribution >= 0.6 is 0 Å². The Balaban J connectivity index is 1.73. The van der Waals surface area contributed by atoms with Crippen LogP contribution in [0.15, 0.2) is 47.4 Å². The van der Waals surface area contributed by atoms with Crippen molar-refractivity contribution in [3.63, 3.8) is 0 Å². The van der Waals surface area contributed by atoms with Gasteiger partial charge < -0.3 is 5.11 Å². The fraction of sp³-hybridized carbons (Fsp3) is 0.448. The number of aromatic nitrogens is 1. The van der Waals surface area contributed by atoms with Crippen LogP contribution in [0.25, 0.3) is 22.2 Å². The Morgan fingerprint density at radius 1 is 0.857 bits per heavy atom. The average Bonchev–Trinajstić information content (AvgIpc) is 2.88. The van der Waals surface area contributed by atoms with E-state index in [0.717, 1.165) is 23.9 Å². The molecule has 0 amide bonds. The molecular weight excluding hydrogens is 458 g/mol. The van der Waals surface area contributed by atoms with E-state index in [1.165, 1.54) is 68.7 Å². The molecule has 1 N–H and O–H groups in total. The van der Waals surface area contributed by atoms with Crippen LogP contribution < -0.4 is 0 Å². The van der Waals surface area contributed by atoms with Crippen molar-refractivity contribution >= 4 is 26.7 Å². The van der Waals surface area contributed by atoms with Crippen LogP contribution in [0.5, 0.6) is 0 Å². The highest BCUT2D eigenvalue weighted by atomic mass is 32.2.